The predicted octanol–water partition coefficient (Wildman–Crippen LogP) is 3.93. The Hall–Kier alpha value is -4.13. The maximum atomic E-state index is 12.6. The smallest absolute Gasteiger partial charge is 0.343 e. The molecule has 7 heteroatoms. The van der Waals surface area contributed by atoms with Crippen LogP contribution < -0.4 is 18.9 Å². The number of esters is 1. The minimum absolute atomic E-state index is 0.157. The van der Waals surface area contributed by atoms with Crippen LogP contribution in [0, 0.1) is 0 Å². The van der Waals surface area contributed by atoms with Crippen molar-refractivity contribution in [1.82, 2.24) is 4.98 Å². The van der Waals surface area contributed by atoms with Gasteiger partial charge in [-0.1, -0.05) is 6.07 Å². The second-order valence-electron chi connectivity index (χ2n) is 6.34. The maximum Gasteiger partial charge on any atom is 0.343 e. The molecule has 0 saturated heterocycles. The number of aromatic nitrogens is 1. The van der Waals surface area contributed by atoms with E-state index >= 15 is 0 Å². The average molecular weight is 403 g/mol. The van der Waals surface area contributed by atoms with Gasteiger partial charge in [-0.15, -0.1) is 0 Å². The van der Waals surface area contributed by atoms with E-state index in [1.54, 1.807) is 54.7 Å². The lowest BCUT2D eigenvalue weighted by Crippen LogP contribution is -2.09. The molecule has 0 fully saturated rings. The van der Waals surface area contributed by atoms with Gasteiger partial charge in [0.25, 0.3) is 0 Å². The molecule has 1 aromatic heterocycles. The van der Waals surface area contributed by atoms with Gasteiger partial charge in [-0.2, -0.15) is 0 Å². The topological polar surface area (TPSA) is 84.0 Å². The van der Waals surface area contributed by atoms with Gasteiger partial charge in [0.05, 0.1) is 31.0 Å². The number of methoxy groups -OCH3 is 2. The third-order valence-corrected chi connectivity index (χ3v) is 4.41. The van der Waals surface area contributed by atoms with Crippen LogP contribution in [0.1, 0.15) is 26.4 Å². The van der Waals surface area contributed by atoms with Crippen LogP contribution >= 0.6 is 0 Å². The highest BCUT2D eigenvalue weighted by atomic mass is 16.5. The molecule has 3 aromatic rings. The van der Waals surface area contributed by atoms with Crippen LogP contribution in [-0.2, 0) is 0 Å². The summed E-state index contributed by atoms with van der Waals surface area (Å²) < 4.78 is 21.5. The van der Waals surface area contributed by atoms with Crippen LogP contribution in [0.25, 0.3) is 6.08 Å². The van der Waals surface area contributed by atoms with E-state index in [0.29, 0.717) is 28.5 Å². The molecular formula is C23H17NO6. The Morgan fingerprint density at radius 3 is 2.40 bits per heavy atom. The third kappa shape index (κ3) is 3.86. The highest BCUT2D eigenvalue weighted by molar-refractivity contribution is 6.14. The summed E-state index contributed by atoms with van der Waals surface area (Å²) in [5, 5.41) is 0. The molecule has 2 aromatic carbocycles. The zero-order chi connectivity index (χ0) is 21.1. The Morgan fingerprint density at radius 2 is 1.73 bits per heavy atom. The number of hydrogen-bond donors (Lipinski definition) is 0. The lowest BCUT2D eigenvalue weighted by atomic mass is 10.1. The molecule has 150 valence electrons. The van der Waals surface area contributed by atoms with Gasteiger partial charge in [-0.05, 0) is 36.4 Å². The number of nitrogens with zero attached hydrogens (tertiary/aromatic N) is 1. The molecule has 2 heterocycles. The molecule has 4 rings (SSSR count). The van der Waals surface area contributed by atoms with Crippen molar-refractivity contribution in [1.29, 1.82) is 0 Å². The van der Waals surface area contributed by atoms with Gasteiger partial charge in [0.1, 0.15) is 23.0 Å². The van der Waals surface area contributed by atoms with Crippen LogP contribution in [0.3, 0.4) is 0 Å². The van der Waals surface area contributed by atoms with E-state index in [1.807, 2.05) is 6.07 Å². The van der Waals surface area contributed by atoms with E-state index in [2.05, 4.69) is 4.98 Å². The second-order valence-corrected chi connectivity index (χ2v) is 6.34. The van der Waals surface area contributed by atoms with Crippen molar-refractivity contribution in [2.24, 2.45) is 0 Å². The fourth-order valence-electron chi connectivity index (χ4n) is 2.92. The molecule has 0 spiro atoms. The number of allylic oxidation sites excluding steroid dienone is 1. The number of ketones is 1. The largest absolute Gasteiger partial charge is 0.497 e. The SMILES string of the molecule is COc1cc(OC)cc(C(=O)Oc2ccc3c(c2)O/C(=C\c2ccccn2)C3=O)c1. The molecule has 1 aliphatic heterocycles. The average Bonchev–Trinajstić information content (AvgIpc) is 3.08. The molecule has 0 unspecified atom stereocenters. The summed E-state index contributed by atoms with van der Waals surface area (Å²) in [6, 6.07) is 14.7. The van der Waals surface area contributed by atoms with Gasteiger partial charge < -0.3 is 18.9 Å². The zero-order valence-corrected chi connectivity index (χ0v) is 16.2. The summed E-state index contributed by atoms with van der Waals surface area (Å²) in [7, 11) is 2.99. The first kappa shape index (κ1) is 19.2. The summed E-state index contributed by atoms with van der Waals surface area (Å²) in [5.74, 6) is 0.793. The standard InChI is InChI=1S/C23H17NO6/c1-27-17-9-14(10-18(12-17)28-2)23(26)29-16-6-7-19-20(13-16)30-21(22(19)25)11-15-5-3-4-8-24-15/h3-13H,1-2H3/b21-11-. The van der Waals surface area contributed by atoms with Gasteiger partial charge in [0, 0.05) is 24.4 Å². The fourth-order valence-corrected chi connectivity index (χ4v) is 2.92. The van der Waals surface area contributed by atoms with E-state index in [1.165, 1.54) is 20.3 Å². The highest BCUT2D eigenvalue weighted by Gasteiger charge is 2.28. The minimum Gasteiger partial charge on any atom is -0.497 e. The molecule has 0 N–H and O–H groups in total. The maximum absolute atomic E-state index is 12.6. The molecule has 0 amide bonds. The Balaban J connectivity index is 1.55. The Bertz CT molecular complexity index is 1130. The van der Waals surface area contributed by atoms with Crippen molar-refractivity contribution >= 4 is 17.8 Å². The van der Waals surface area contributed by atoms with Crippen LogP contribution in [0.15, 0.2) is 66.6 Å². The van der Waals surface area contributed by atoms with Crippen LogP contribution in [0.4, 0.5) is 0 Å². The van der Waals surface area contributed by atoms with Crippen molar-refractivity contribution in [2.75, 3.05) is 14.2 Å². The summed E-state index contributed by atoms with van der Waals surface area (Å²) in [5.41, 5.74) is 1.26. The van der Waals surface area contributed by atoms with Gasteiger partial charge in [-0.25, -0.2) is 4.79 Å². The number of pyridine rings is 1. The molecule has 0 aliphatic carbocycles. The van der Waals surface area contributed by atoms with E-state index in [9.17, 15) is 9.59 Å². The van der Waals surface area contributed by atoms with Crippen molar-refractivity contribution in [3.63, 3.8) is 0 Å². The Kier molecular flexibility index (Phi) is 5.17. The number of benzene rings is 2. The van der Waals surface area contributed by atoms with E-state index in [-0.39, 0.29) is 22.9 Å². The molecular weight excluding hydrogens is 386 g/mol. The van der Waals surface area contributed by atoms with Gasteiger partial charge in [0.15, 0.2) is 5.76 Å². The summed E-state index contributed by atoms with van der Waals surface area (Å²) in [6.07, 6.45) is 3.20. The molecule has 0 saturated carbocycles. The lowest BCUT2D eigenvalue weighted by Gasteiger charge is -2.09. The first-order valence-electron chi connectivity index (χ1n) is 9.02. The van der Waals surface area contributed by atoms with E-state index in [4.69, 9.17) is 18.9 Å². The number of Topliss-reactive ketones (excluding diaryl/α,β-unsaturated/α-hetero) is 1. The molecule has 0 atom stereocenters. The summed E-state index contributed by atoms with van der Waals surface area (Å²) >= 11 is 0. The summed E-state index contributed by atoms with van der Waals surface area (Å²) in [4.78, 5) is 29.3. The number of carbonyl (C=O) groups is 2. The van der Waals surface area contributed by atoms with Crippen molar-refractivity contribution in [3.8, 4) is 23.0 Å². The Morgan fingerprint density at radius 1 is 0.967 bits per heavy atom. The summed E-state index contributed by atoms with van der Waals surface area (Å²) in [6.45, 7) is 0. The number of ether oxygens (including phenoxy) is 4. The molecule has 0 bridgehead atoms. The number of carbonyl (C=O) groups excluding carboxylic acids is 2. The quantitative estimate of drug-likeness (QED) is 0.362. The van der Waals surface area contributed by atoms with E-state index in [0.717, 1.165) is 0 Å². The normalized spacial score (nSPS) is 13.5. The van der Waals surface area contributed by atoms with Crippen molar-refractivity contribution < 1.29 is 28.5 Å². The Labute approximate surface area is 172 Å². The second kappa shape index (κ2) is 8.08. The molecule has 7 nitrogen and oxygen atoms in total. The van der Waals surface area contributed by atoms with Gasteiger partial charge >= 0.3 is 5.97 Å². The monoisotopic (exact) mass is 403 g/mol. The molecule has 0 radical (unpaired) electrons. The first-order chi connectivity index (χ1) is 14.6. The predicted molar refractivity (Wildman–Crippen MR) is 108 cm³/mol. The highest BCUT2D eigenvalue weighted by Crippen LogP contribution is 2.35. The number of rotatable bonds is 5. The van der Waals surface area contributed by atoms with Gasteiger partial charge in [-0.3, -0.25) is 9.78 Å². The van der Waals surface area contributed by atoms with E-state index < -0.39 is 5.97 Å². The number of fused-ring (bicyclic) bond motifs is 1. The van der Waals surface area contributed by atoms with Crippen molar-refractivity contribution in [2.45, 2.75) is 0 Å². The number of hydrogen-bond acceptors (Lipinski definition) is 7. The first-order valence-corrected chi connectivity index (χ1v) is 9.02. The lowest BCUT2D eigenvalue weighted by molar-refractivity contribution is 0.0733. The van der Waals surface area contributed by atoms with Crippen LogP contribution in [0.2, 0.25) is 0 Å². The van der Waals surface area contributed by atoms with Crippen LogP contribution in [0.5, 0.6) is 23.0 Å². The molecule has 30 heavy (non-hydrogen) atoms. The van der Waals surface area contributed by atoms with Crippen molar-refractivity contribution in [3.05, 3.63) is 83.4 Å². The third-order valence-electron chi connectivity index (χ3n) is 4.41. The molecule has 1 aliphatic rings. The zero-order valence-electron chi connectivity index (χ0n) is 16.2. The minimum atomic E-state index is -0.597. The van der Waals surface area contributed by atoms with Gasteiger partial charge in [0.2, 0.25) is 5.78 Å². The fraction of sp³-hybridized carbons (Fsp3) is 0.0870. The van der Waals surface area contributed by atoms with Crippen LogP contribution in [-0.4, -0.2) is 31.0 Å².